The molecule has 0 amide bonds. The quantitative estimate of drug-likeness (QED) is 0.686. The molecule has 0 aromatic heterocycles. The molecule has 5 atom stereocenters. The second kappa shape index (κ2) is 7.37. The summed E-state index contributed by atoms with van der Waals surface area (Å²) in [7, 11) is -5.35. The molecule has 0 aliphatic carbocycles. The SMILES string of the molecule is CC(O[Si](C)(C)C)C1OC(O)C(O[Si](C)(C)C)C1O[Si](C)(C)C. The second-order valence-electron chi connectivity index (χ2n) is 9.32. The van der Waals surface area contributed by atoms with Crippen LogP contribution in [0.15, 0.2) is 0 Å². The maximum atomic E-state index is 10.4. The van der Waals surface area contributed by atoms with Gasteiger partial charge in [0.25, 0.3) is 0 Å². The molecule has 5 unspecified atom stereocenters. The van der Waals surface area contributed by atoms with Crippen LogP contribution < -0.4 is 0 Å². The zero-order chi connectivity index (χ0) is 18.2. The molecule has 1 fully saturated rings. The Bertz CT molecular complexity index is 386. The smallest absolute Gasteiger partial charge is 0.184 e. The Labute approximate surface area is 145 Å². The summed E-state index contributed by atoms with van der Waals surface area (Å²) in [4.78, 5) is 0. The highest BCUT2D eigenvalue weighted by molar-refractivity contribution is 6.70. The van der Waals surface area contributed by atoms with E-state index in [2.05, 4.69) is 58.9 Å². The van der Waals surface area contributed by atoms with Crippen molar-refractivity contribution < 1.29 is 23.1 Å². The molecule has 1 rings (SSSR count). The van der Waals surface area contributed by atoms with E-state index in [1.54, 1.807) is 0 Å². The van der Waals surface area contributed by atoms with Crippen molar-refractivity contribution in [2.24, 2.45) is 0 Å². The van der Waals surface area contributed by atoms with E-state index in [1.165, 1.54) is 0 Å². The zero-order valence-electron chi connectivity index (χ0n) is 16.5. The predicted octanol–water partition coefficient (Wildman–Crippen LogP) is 3.38. The van der Waals surface area contributed by atoms with Crippen molar-refractivity contribution in [2.45, 2.75) is 96.6 Å². The Kier molecular flexibility index (Phi) is 6.88. The molecule has 1 N–H and O–H groups in total. The van der Waals surface area contributed by atoms with E-state index in [0.29, 0.717) is 0 Å². The first-order chi connectivity index (χ1) is 10.1. The lowest BCUT2D eigenvalue weighted by atomic mass is 10.1. The van der Waals surface area contributed by atoms with E-state index in [1.807, 2.05) is 6.92 Å². The number of ether oxygens (including phenoxy) is 1. The van der Waals surface area contributed by atoms with Gasteiger partial charge >= 0.3 is 0 Å². The number of aliphatic hydroxyl groups is 1. The van der Waals surface area contributed by atoms with Crippen molar-refractivity contribution >= 4 is 25.0 Å². The molecule has 1 aliphatic heterocycles. The van der Waals surface area contributed by atoms with E-state index in [4.69, 9.17) is 18.0 Å². The minimum Gasteiger partial charge on any atom is -0.412 e. The molecule has 0 aromatic rings. The molecule has 23 heavy (non-hydrogen) atoms. The molecule has 5 nitrogen and oxygen atoms in total. The molecular weight excluding hydrogens is 344 g/mol. The summed E-state index contributed by atoms with van der Waals surface area (Å²) in [5.41, 5.74) is 0. The average Bonchev–Trinajstić information content (AvgIpc) is 2.51. The summed E-state index contributed by atoms with van der Waals surface area (Å²) < 4.78 is 24.6. The Morgan fingerprint density at radius 2 is 1.22 bits per heavy atom. The Balaban J connectivity index is 3.00. The van der Waals surface area contributed by atoms with Crippen molar-refractivity contribution in [1.82, 2.24) is 0 Å². The minimum atomic E-state index is -1.83. The van der Waals surface area contributed by atoms with Gasteiger partial charge in [-0.1, -0.05) is 0 Å². The van der Waals surface area contributed by atoms with Crippen LogP contribution in [0.2, 0.25) is 58.9 Å². The molecule has 1 aliphatic rings. The summed E-state index contributed by atoms with van der Waals surface area (Å²) in [5, 5.41) is 10.4. The number of rotatable bonds is 7. The topological polar surface area (TPSA) is 57.2 Å². The van der Waals surface area contributed by atoms with Gasteiger partial charge in [0.1, 0.15) is 18.3 Å². The van der Waals surface area contributed by atoms with E-state index in [9.17, 15) is 5.11 Å². The Hall–Kier alpha value is 0.451. The van der Waals surface area contributed by atoms with Crippen molar-refractivity contribution in [2.75, 3.05) is 0 Å². The first-order valence-corrected chi connectivity index (χ1v) is 18.7. The molecule has 138 valence electrons. The predicted molar refractivity (Wildman–Crippen MR) is 101 cm³/mol. The first kappa shape index (κ1) is 21.5. The van der Waals surface area contributed by atoms with Crippen LogP contribution >= 0.6 is 0 Å². The van der Waals surface area contributed by atoms with E-state index in [0.717, 1.165) is 0 Å². The highest BCUT2D eigenvalue weighted by atomic mass is 28.4. The number of hydrogen-bond donors (Lipinski definition) is 1. The summed E-state index contributed by atoms with van der Waals surface area (Å²) in [6.45, 7) is 21.2. The normalized spacial score (nSPS) is 31.4. The van der Waals surface area contributed by atoms with Gasteiger partial charge < -0.3 is 23.1 Å². The maximum absolute atomic E-state index is 10.4. The van der Waals surface area contributed by atoms with Crippen molar-refractivity contribution in [3.63, 3.8) is 0 Å². The molecule has 0 spiro atoms. The molecule has 0 saturated carbocycles. The molecule has 1 saturated heterocycles. The van der Waals surface area contributed by atoms with Crippen molar-refractivity contribution in [3.8, 4) is 0 Å². The van der Waals surface area contributed by atoms with Gasteiger partial charge in [-0.3, -0.25) is 0 Å². The van der Waals surface area contributed by atoms with Crippen molar-refractivity contribution in [3.05, 3.63) is 0 Å². The minimum absolute atomic E-state index is 0.132. The van der Waals surface area contributed by atoms with Crippen LogP contribution in [-0.4, -0.2) is 60.8 Å². The van der Waals surface area contributed by atoms with Crippen LogP contribution in [0, 0.1) is 0 Å². The highest BCUT2D eigenvalue weighted by Crippen LogP contribution is 2.33. The van der Waals surface area contributed by atoms with Gasteiger partial charge in [-0.15, -0.1) is 0 Å². The van der Waals surface area contributed by atoms with Gasteiger partial charge in [-0.25, -0.2) is 0 Å². The monoisotopic (exact) mass is 380 g/mol. The van der Waals surface area contributed by atoms with Crippen LogP contribution in [0.25, 0.3) is 0 Å². The lowest BCUT2D eigenvalue weighted by Crippen LogP contribution is -2.51. The summed E-state index contributed by atoms with van der Waals surface area (Å²) in [6, 6.07) is 0. The van der Waals surface area contributed by atoms with Crippen LogP contribution in [0.3, 0.4) is 0 Å². The lowest BCUT2D eigenvalue weighted by Gasteiger charge is -2.36. The largest absolute Gasteiger partial charge is 0.412 e. The molecule has 0 bridgehead atoms. The maximum Gasteiger partial charge on any atom is 0.184 e. The van der Waals surface area contributed by atoms with Crippen LogP contribution in [-0.2, 0) is 18.0 Å². The molecule has 0 aromatic carbocycles. The number of hydrogen-bond acceptors (Lipinski definition) is 5. The van der Waals surface area contributed by atoms with Gasteiger partial charge in [0.15, 0.2) is 31.2 Å². The van der Waals surface area contributed by atoms with Crippen LogP contribution in [0.4, 0.5) is 0 Å². The second-order valence-corrected chi connectivity index (χ2v) is 22.7. The van der Waals surface area contributed by atoms with E-state index < -0.39 is 37.3 Å². The number of aliphatic hydroxyl groups excluding tert-OH is 1. The molecule has 0 radical (unpaired) electrons. The summed E-state index contributed by atoms with van der Waals surface area (Å²) in [5.74, 6) is 0. The van der Waals surface area contributed by atoms with Crippen molar-refractivity contribution in [1.29, 1.82) is 0 Å². The van der Waals surface area contributed by atoms with Gasteiger partial charge in [0, 0.05) is 0 Å². The fourth-order valence-corrected chi connectivity index (χ4v) is 6.14. The Morgan fingerprint density at radius 3 is 1.61 bits per heavy atom. The van der Waals surface area contributed by atoms with Gasteiger partial charge in [-0.05, 0) is 65.8 Å². The van der Waals surface area contributed by atoms with Crippen LogP contribution in [0.1, 0.15) is 6.92 Å². The molecule has 1 heterocycles. The van der Waals surface area contributed by atoms with Crippen LogP contribution in [0.5, 0.6) is 0 Å². The fraction of sp³-hybridized carbons (Fsp3) is 1.00. The Morgan fingerprint density at radius 1 is 0.783 bits per heavy atom. The molecular formula is C15H36O5Si3. The summed E-state index contributed by atoms with van der Waals surface area (Å²) >= 11 is 0. The zero-order valence-corrected chi connectivity index (χ0v) is 19.5. The lowest BCUT2D eigenvalue weighted by molar-refractivity contribution is -0.138. The standard InChI is InChI=1S/C15H36O5Si3/c1-11(18-21(2,3)4)12-13(19-22(5,6)7)14(15(16)17-12)20-23(8,9)10/h11-16H,1-10H3. The van der Waals surface area contributed by atoms with E-state index in [-0.39, 0.29) is 18.3 Å². The van der Waals surface area contributed by atoms with Gasteiger partial charge in [0.05, 0.1) is 6.10 Å². The summed E-state index contributed by atoms with van der Waals surface area (Å²) in [6.07, 6.45) is -2.11. The van der Waals surface area contributed by atoms with Gasteiger partial charge in [-0.2, -0.15) is 0 Å². The average molecular weight is 381 g/mol. The van der Waals surface area contributed by atoms with Gasteiger partial charge in [0.2, 0.25) is 0 Å². The third kappa shape index (κ3) is 7.47. The highest BCUT2D eigenvalue weighted by Gasteiger charge is 2.51. The third-order valence-electron chi connectivity index (χ3n) is 3.21. The first-order valence-electron chi connectivity index (χ1n) is 8.46. The molecule has 8 heteroatoms. The third-order valence-corrected chi connectivity index (χ3v) is 6.24. The fourth-order valence-electron chi connectivity index (χ4n) is 2.74. The van der Waals surface area contributed by atoms with E-state index >= 15 is 0 Å².